The molecule has 0 atom stereocenters. The highest BCUT2D eigenvalue weighted by molar-refractivity contribution is 8.76. The Balaban J connectivity index is 1.45. The molecule has 3 aromatic rings. The summed E-state index contributed by atoms with van der Waals surface area (Å²) in [5, 5.41) is 0. The van der Waals surface area contributed by atoms with Gasteiger partial charge in [0.1, 0.15) is 5.82 Å². The number of benzene rings is 3. The molecular formula is C21H19FS3. The Kier molecular flexibility index (Phi) is 7.34. The zero-order chi connectivity index (χ0) is 17.3. The molecule has 128 valence electrons. The SMILES string of the molecule is Fc1ccc(CSSc2cccc(CSCc3ccccc3)c2)cc1. The first-order valence-electron chi connectivity index (χ1n) is 8.04. The average molecular weight is 387 g/mol. The van der Waals surface area contributed by atoms with Crippen molar-refractivity contribution in [3.05, 3.63) is 101 Å². The fourth-order valence-corrected chi connectivity index (χ4v) is 5.40. The van der Waals surface area contributed by atoms with Gasteiger partial charge in [0.05, 0.1) is 0 Å². The number of hydrogen-bond acceptors (Lipinski definition) is 3. The van der Waals surface area contributed by atoms with Crippen molar-refractivity contribution in [2.45, 2.75) is 22.2 Å². The highest BCUT2D eigenvalue weighted by Crippen LogP contribution is 2.34. The van der Waals surface area contributed by atoms with Crippen molar-refractivity contribution in [2.75, 3.05) is 0 Å². The smallest absolute Gasteiger partial charge is 0.123 e. The van der Waals surface area contributed by atoms with Gasteiger partial charge in [-0.1, -0.05) is 76.2 Å². The minimum Gasteiger partial charge on any atom is -0.207 e. The Morgan fingerprint density at radius 2 is 1.32 bits per heavy atom. The van der Waals surface area contributed by atoms with E-state index in [1.165, 1.54) is 28.2 Å². The highest BCUT2D eigenvalue weighted by Gasteiger charge is 2.01. The van der Waals surface area contributed by atoms with Crippen LogP contribution >= 0.6 is 33.3 Å². The van der Waals surface area contributed by atoms with Crippen LogP contribution in [0.1, 0.15) is 16.7 Å². The summed E-state index contributed by atoms with van der Waals surface area (Å²) in [6.45, 7) is 0. The van der Waals surface area contributed by atoms with Crippen molar-refractivity contribution in [1.82, 2.24) is 0 Å². The molecule has 3 rings (SSSR count). The first-order valence-corrected chi connectivity index (χ1v) is 11.5. The second-order valence-electron chi connectivity index (χ2n) is 5.60. The monoisotopic (exact) mass is 386 g/mol. The molecule has 0 bridgehead atoms. The molecule has 0 nitrogen and oxygen atoms in total. The second-order valence-corrected chi connectivity index (χ2v) is 8.95. The van der Waals surface area contributed by atoms with Gasteiger partial charge in [-0.25, -0.2) is 4.39 Å². The van der Waals surface area contributed by atoms with Gasteiger partial charge in [-0.2, -0.15) is 11.8 Å². The van der Waals surface area contributed by atoms with Gasteiger partial charge in [0.25, 0.3) is 0 Å². The summed E-state index contributed by atoms with van der Waals surface area (Å²) in [4.78, 5) is 1.27. The summed E-state index contributed by atoms with van der Waals surface area (Å²) in [5.74, 6) is 2.75. The number of hydrogen-bond donors (Lipinski definition) is 0. The summed E-state index contributed by atoms with van der Waals surface area (Å²) in [7, 11) is 3.56. The van der Waals surface area contributed by atoms with Gasteiger partial charge in [0.2, 0.25) is 0 Å². The molecule has 3 aromatic carbocycles. The third-order valence-corrected chi connectivity index (χ3v) is 6.95. The lowest BCUT2D eigenvalue weighted by molar-refractivity contribution is 0.627. The molecule has 0 spiro atoms. The van der Waals surface area contributed by atoms with Gasteiger partial charge in [-0.05, 0) is 41.0 Å². The van der Waals surface area contributed by atoms with Crippen molar-refractivity contribution in [3.63, 3.8) is 0 Å². The molecule has 0 radical (unpaired) electrons. The van der Waals surface area contributed by atoms with E-state index in [-0.39, 0.29) is 5.82 Å². The predicted octanol–water partition coefficient (Wildman–Crippen LogP) is 7.20. The van der Waals surface area contributed by atoms with Crippen LogP contribution in [0.25, 0.3) is 0 Å². The predicted molar refractivity (Wildman–Crippen MR) is 111 cm³/mol. The maximum atomic E-state index is 12.9. The average Bonchev–Trinajstić information content (AvgIpc) is 2.65. The molecule has 4 heteroatoms. The van der Waals surface area contributed by atoms with Crippen molar-refractivity contribution < 1.29 is 4.39 Å². The van der Waals surface area contributed by atoms with Crippen LogP contribution in [0.3, 0.4) is 0 Å². The molecule has 25 heavy (non-hydrogen) atoms. The molecule has 0 aliphatic carbocycles. The summed E-state index contributed by atoms with van der Waals surface area (Å²) in [5.41, 5.74) is 3.87. The third kappa shape index (κ3) is 6.46. The van der Waals surface area contributed by atoms with Crippen molar-refractivity contribution >= 4 is 33.3 Å². The van der Waals surface area contributed by atoms with Crippen LogP contribution in [-0.2, 0) is 17.3 Å². The first kappa shape index (κ1) is 18.4. The van der Waals surface area contributed by atoms with E-state index in [1.807, 2.05) is 23.9 Å². The van der Waals surface area contributed by atoms with E-state index in [0.717, 1.165) is 22.8 Å². The molecule has 0 aliphatic heterocycles. The maximum Gasteiger partial charge on any atom is 0.123 e. The highest BCUT2D eigenvalue weighted by atomic mass is 33.1. The summed E-state index contributed by atoms with van der Waals surface area (Å²) in [6.07, 6.45) is 0. The van der Waals surface area contributed by atoms with Crippen molar-refractivity contribution in [2.24, 2.45) is 0 Å². The van der Waals surface area contributed by atoms with E-state index in [1.54, 1.807) is 21.6 Å². The number of thioether (sulfide) groups is 1. The van der Waals surface area contributed by atoms with Crippen LogP contribution in [0, 0.1) is 5.82 Å². The Labute approximate surface area is 161 Å². The fraction of sp³-hybridized carbons (Fsp3) is 0.143. The van der Waals surface area contributed by atoms with E-state index in [4.69, 9.17) is 0 Å². The second kappa shape index (κ2) is 9.95. The molecule has 0 fully saturated rings. The van der Waals surface area contributed by atoms with Gasteiger partial charge < -0.3 is 0 Å². The number of rotatable bonds is 8. The quantitative estimate of drug-likeness (QED) is 0.376. The molecule has 0 N–H and O–H groups in total. The number of halogens is 1. The van der Waals surface area contributed by atoms with Gasteiger partial charge in [0, 0.05) is 22.2 Å². The maximum absolute atomic E-state index is 12.9. The van der Waals surface area contributed by atoms with E-state index < -0.39 is 0 Å². The lowest BCUT2D eigenvalue weighted by Gasteiger charge is -2.06. The van der Waals surface area contributed by atoms with E-state index >= 15 is 0 Å². The molecule has 0 aliphatic rings. The van der Waals surface area contributed by atoms with Crippen LogP contribution in [0.2, 0.25) is 0 Å². The minimum absolute atomic E-state index is 0.179. The summed E-state index contributed by atoms with van der Waals surface area (Å²) < 4.78 is 12.9. The van der Waals surface area contributed by atoms with Crippen molar-refractivity contribution in [1.29, 1.82) is 0 Å². The molecule has 0 aromatic heterocycles. The van der Waals surface area contributed by atoms with Crippen LogP contribution in [0.4, 0.5) is 4.39 Å². The zero-order valence-electron chi connectivity index (χ0n) is 13.7. The Hall–Kier alpha value is -1.36. The Morgan fingerprint density at radius 3 is 2.12 bits per heavy atom. The molecular weight excluding hydrogens is 367 g/mol. The first-order chi connectivity index (χ1) is 12.3. The minimum atomic E-state index is -0.179. The lowest BCUT2D eigenvalue weighted by Crippen LogP contribution is -1.84. The lowest BCUT2D eigenvalue weighted by atomic mass is 10.2. The fourth-order valence-electron chi connectivity index (χ4n) is 2.29. The molecule has 0 saturated heterocycles. The third-order valence-electron chi connectivity index (χ3n) is 3.57. The topological polar surface area (TPSA) is 0 Å². The van der Waals surface area contributed by atoms with Crippen molar-refractivity contribution in [3.8, 4) is 0 Å². The van der Waals surface area contributed by atoms with Gasteiger partial charge in [-0.3, -0.25) is 0 Å². The standard InChI is InChI=1S/C21H19FS3/c22-20-11-9-18(10-12-20)16-24-25-21-8-4-7-19(13-21)15-23-14-17-5-2-1-3-6-17/h1-13H,14-16H2. The normalized spacial score (nSPS) is 10.8. The molecule has 0 saturated carbocycles. The largest absolute Gasteiger partial charge is 0.207 e. The van der Waals surface area contributed by atoms with Gasteiger partial charge in [-0.15, -0.1) is 0 Å². The summed E-state index contributed by atoms with van der Waals surface area (Å²) in [6, 6.07) is 26.0. The van der Waals surface area contributed by atoms with Gasteiger partial charge in [0.15, 0.2) is 0 Å². The van der Waals surface area contributed by atoms with Gasteiger partial charge >= 0.3 is 0 Å². The zero-order valence-corrected chi connectivity index (χ0v) is 16.2. The Bertz CT molecular complexity index is 773. The molecule has 0 unspecified atom stereocenters. The molecule has 0 heterocycles. The van der Waals surface area contributed by atoms with E-state index in [2.05, 4.69) is 54.6 Å². The van der Waals surface area contributed by atoms with Crippen LogP contribution < -0.4 is 0 Å². The van der Waals surface area contributed by atoms with E-state index in [0.29, 0.717) is 0 Å². The van der Waals surface area contributed by atoms with Crippen LogP contribution in [-0.4, -0.2) is 0 Å². The molecule has 0 amide bonds. The van der Waals surface area contributed by atoms with Crippen LogP contribution in [0.5, 0.6) is 0 Å². The van der Waals surface area contributed by atoms with E-state index in [9.17, 15) is 4.39 Å². The summed E-state index contributed by atoms with van der Waals surface area (Å²) >= 11 is 1.94. The Morgan fingerprint density at radius 1 is 0.640 bits per heavy atom. The van der Waals surface area contributed by atoms with Crippen LogP contribution in [0.15, 0.2) is 83.8 Å².